The Hall–Kier alpha value is -2.48. The van der Waals surface area contributed by atoms with Crippen LogP contribution < -0.4 is 5.32 Å². The summed E-state index contributed by atoms with van der Waals surface area (Å²) in [5, 5.41) is 22.4. The summed E-state index contributed by atoms with van der Waals surface area (Å²) in [5.74, 6) is -2.32. The molecule has 0 bridgehead atoms. The van der Waals surface area contributed by atoms with Gasteiger partial charge in [-0.05, 0) is 48.4 Å². The number of aryl methyl sites for hydroxylation is 1. The van der Waals surface area contributed by atoms with Crippen LogP contribution in [0.5, 0.6) is 0 Å². The molecule has 10 nitrogen and oxygen atoms in total. The Morgan fingerprint density at radius 3 is 2.65 bits per heavy atom. The molecule has 0 spiro atoms. The average Bonchev–Trinajstić information content (AvgIpc) is 3.10. The lowest BCUT2D eigenvalue weighted by atomic mass is 10.1. The molecule has 1 atom stereocenters. The summed E-state index contributed by atoms with van der Waals surface area (Å²) in [6.07, 6.45) is -1.28. The van der Waals surface area contributed by atoms with Gasteiger partial charge in [-0.2, -0.15) is 13.2 Å². The van der Waals surface area contributed by atoms with Crippen molar-refractivity contribution in [1.82, 2.24) is 25.5 Å². The number of rotatable bonds is 7. The zero-order valence-electron chi connectivity index (χ0n) is 17.0. The zero-order valence-corrected chi connectivity index (χ0v) is 17.8. The Kier molecular flexibility index (Phi) is 11.2. The van der Waals surface area contributed by atoms with Gasteiger partial charge in [0.05, 0.1) is 6.61 Å². The van der Waals surface area contributed by atoms with E-state index in [-0.39, 0.29) is 16.3 Å². The van der Waals surface area contributed by atoms with Crippen molar-refractivity contribution in [3.05, 3.63) is 11.4 Å². The Morgan fingerprint density at radius 1 is 1.39 bits per heavy atom. The summed E-state index contributed by atoms with van der Waals surface area (Å²) in [6, 6.07) is 0. The summed E-state index contributed by atoms with van der Waals surface area (Å²) >= 11 is 1.35. The lowest BCUT2D eigenvalue weighted by molar-refractivity contribution is -0.192. The van der Waals surface area contributed by atoms with E-state index in [9.17, 15) is 22.8 Å². The van der Waals surface area contributed by atoms with Crippen molar-refractivity contribution in [2.75, 3.05) is 19.7 Å². The second-order valence-corrected chi connectivity index (χ2v) is 7.63. The van der Waals surface area contributed by atoms with E-state index < -0.39 is 12.1 Å². The molecular formula is C17H24F3N5O5S. The van der Waals surface area contributed by atoms with E-state index >= 15 is 0 Å². The number of carbonyl (C=O) groups excluding carboxylic acids is 2. The molecule has 1 aliphatic rings. The zero-order chi connectivity index (χ0) is 23.4. The third kappa shape index (κ3) is 10.4. The van der Waals surface area contributed by atoms with Crippen LogP contribution in [0.15, 0.2) is 5.57 Å². The Bertz CT molecular complexity index is 784. The van der Waals surface area contributed by atoms with Crippen LogP contribution in [0.25, 0.3) is 6.08 Å². The van der Waals surface area contributed by atoms with Gasteiger partial charge in [-0.15, -0.1) is 5.10 Å². The van der Waals surface area contributed by atoms with Gasteiger partial charge in [-0.25, -0.2) is 9.48 Å². The first kappa shape index (κ1) is 26.6. The number of halogens is 3. The van der Waals surface area contributed by atoms with Crippen molar-refractivity contribution in [3.63, 3.8) is 0 Å². The number of carboxylic acid groups (broad SMARTS) is 1. The van der Waals surface area contributed by atoms with Crippen LogP contribution in [-0.2, 0) is 25.7 Å². The van der Waals surface area contributed by atoms with E-state index in [1.54, 1.807) is 18.5 Å². The van der Waals surface area contributed by atoms with Crippen LogP contribution in [0.3, 0.4) is 0 Å². The van der Waals surface area contributed by atoms with E-state index in [2.05, 4.69) is 20.8 Å². The molecule has 2 heterocycles. The number of hydrogen-bond donors (Lipinski definition) is 2. The van der Waals surface area contributed by atoms with Gasteiger partial charge in [0.2, 0.25) is 0 Å². The molecule has 1 unspecified atom stereocenters. The largest absolute Gasteiger partial charge is 0.490 e. The number of tetrazole rings is 1. The number of carbonyl (C=O) groups is 3. The van der Waals surface area contributed by atoms with Crippen LogP contribution in [0.1, 0.15) is 38.9 Å². The summed E-state index contributed by atoms with van der Waals surface area (Å²) in [5.41, 5.74) is 1.11. The molecule has 0 aromatic carbocycles. The monoisotopic (exact) mass is 467 g/mol. The molecule has 1 aliphatic heterocycles. The van der Waals surface area contributed by atoms with Crippen molar-refractivity contribution >= 4 is 34.9 Å². The van der Waals surface area contributed by atoms with Gasteiger partial charge in [0, 0.05) is 31.7 Å². The van der Waals surface area contributed by atoms with E-state index in [4.69, 9.17) is 14.6 Å². The number of aromatic nitrogens is 4. The Balaban J connectivity index is 0.000000592. The fourth-order valence-electron chi connectivity index (χ4n) is 2.49. The summed E-state index contributed by atoms with van der Waals surface area (Å²) in [6.45, 7) is 5.93. The van der Waals surface area contributed by atoms with E-state index in [1.165, 1.54) is 11.8 Å². The summed E-state index contributed by atoms with van der Waals surface area (Å²) in [4.78, 5) is 31.7. The lowest BCUT2D eigenvalue weighted by Gasteiger charge is -2.24. The molecule has 31 heavy (non-hydrogen) atoms. The molecule has 1 aromatic rings. The number of ether oxygens (including phenoxy) is 1. The van der Waals surface area contributed by atoms with Gasteiger partial charge >= 0.3 is 18.1 Å². The molecule has 0 saturated carbocycles. The highest BCUT2D eigenvalue weighted by atomic mass is 32.2. The van der Waals surface area contributed by atoms with E-state index in [1.807, 2.05) is 6.08 Å². The molecule has 174 valence electrons. The molecule has 0 aliphatic carbocycles. The van der Waals surface area contributed by atoms with Crippen molar-refractivity contribution in [2.24, 2.45) is 0 Å². The molecule has 1 saturated heterocycles. The first-order valence-electron chi connectivity index (χ1n) is 9.34. The molecule has 14 heteroatoms. The average molecular weight is 467 g/mol. The standard InChI is InChI=1S/C15H23N5O3S.C2HF3O2/c1-3-23-15(22)5-4-8-20-14(17-18-19-20)9-12-10-16-7-6-13(12)24-11(2)21;3-2(4,5)1(6)7/h9,13,16H,3-8,10H2,1-2H3;(H,6,7)/b12-9+;. The Labute approximate surface area is 180 Å². The number of piperidine rings is 1. The fourth-order valence-corrected chi connectivity index (χ4v) is 3.43. The van der Waals surface area contributed by atoms with Gasteiger partial charge < -0.3 is 15.2 Å². The topological polar surface area (TPSA) is 136 Å². The molecular weight excluding hydrogens is 443 g/mol. The minimum Gasteiger partial charge on any atom is -0.475 e. The SMILES string of the molecule is CCOC(=O)CCCn1nnnc1/C=C1\CNCCC1SC(C)=O.O=C(O)C(F)(F)F. The van der Waals surface area contributed by atoms with E-state index in [0.29, 0.717) is 31.8 Å². The van der Waals surface area contributed by atoms with Crippen LogP contribution in [-0.4, -0.2) is 73.5 Å². The molecule has 2 N–H and O–H groups in total. The first-order chi connectivity index (χ1) is 14.5. The van der Waals surface area contributed by atoms with Crippen molar-refractivity contribution in [1.29, 1.82) is 0 Å². The quantitative estimate of drug-likeness (QED) is 0.570. The maximum absolute atomic E-state index is 11.4. The number of nitrogens with zero attached hydrogens (tertiary/aromatic N) is 4. The second kappa shape index (κ2) is 13.0. The van der Waals surface area contributed by atoms with Crippen LogP contribution in [0, 0.1) is 0 Å². The highest BCUT2D eigenvalue weighted by Gasteiger charge is 2.38. The number of nitrogens with one attached hydrogen (secondary N) is 1. The van der Waals surface area contributed by atoms with Gasteiger partial charge in [-0.3, -0.25) is 9.59 Å². The number of esters is 1. The van der Waals surface area contributed by atoms with Gasteiger partial charge in [0.15, 0.2) is 10.9 Å². The number of hydrogen-bond acceptors (Lipinski definition) is 9. The lowest BCUT2D eigenvalue weighted by Crippen LogP contribution is -2.32. The van der Waals surface area contributed by atoms with E-state index in [0.717, 1.165) is 25.1 Å². The van der Waals surface area contributed by atoms with Gasteiger partial charge in [0.1, 0.15) is 0 Å². The molecule has 0 amide bonds. The van der Waals surface area contributed by atoms with Crippen LogP contribution >= 0.6 is 11.8 Å². The summed E-state index contributed by atoms with van der Waals surface area (Å²) in [7, 11) is 0. The smallest absolute Gasteiger partial charge is 0.475 e. The Morgan fingerprint density at radius 2 is 2.06 bits per heavy atom. The third-order valence-electron chi connectivity index (χ3n) is 3.81. The first-order valence-corrected chi connectivity index (χ1v) is 10.2. The third-order valence-corrected chi connectivity index (χ3v) is 4.96. The van der Waals surface area contributed by atoms with Gasteiger partial charge in [0.25, 0.3) is 0 Å². The maximum atomic E-state index is 11.4. The molecule has 1 aromatic heterocycles. The fraction of sp³-hybridized carbons (Fsp3) is 0.647. The number of aliphatic carboxylic acids is 1. The minimum atomic E-state index is -5.08. The number of carboxylic acids is 1. The molecule has 2 rings (SSSR count). The molecule has 0 radical (unpaired) electrons. The predicted molar refractivity (Wildman–Crippen MR) is 105 cm³/mol. The summed E-state index contributed by atoms with van der Waals surface area (Å²) < 4.78 is 38.3. The highest BCUT2D eigenvalue weighted by molar-refractivity contribution is 8.14. The van der Waals surface area contributed by atoms with Crippen molar-refractivity contribution in [2.45, 2.75) is 51.1 Å². The van der Waals surface area contributed by atoms with Gasteiger partial charge in [-0.1, -0.05) is 11.8 Å². The normalized spacial score (nSPS) is 17.6. The maximum Gasteiger partial charge on any atom is 0.490 e. The highest BCUT2D eigenvalue weighted by Crippen LogP contribution is 2.26. The predicted octanol–water partition coefficient (Wildman–Crippen LogP) is 1.67. The second-order valence-electron chi connectivity index (χ2n) is 6.25. The van der Waals surface area contributed by atoms with Crippen LogP contribution in [0.2, 0.25) is 0 Å². The number of alkyl halides is 3. The minimum absolute atomic E-state index is 0.113. The van der Waals surface area contributed by atoms with Crippen LogP contribution in [0.4, 0.5) is 13.2 Å². The van der Waals surface area contributed by atoms with Crippen molar-refractivity contribution < 1.29 is 37.4 Å². The number of thioether (sulfide) groups is 1. The van der Waals surface area contributed by atoms with Crippen molar-refractivity contribution in [3.8, 4) is 0 Å². The molecule has 1 fully saturated rings.